The second kappa shape index (κ2) is 3.65. The lowest BCUT2D eigenvalue weighted by Gasteiger charge is -2.02. The number of carbonyl (C=O) groups excluding carboxylic acids is 1. The topological polar surface area (TPSA) is 70.2 Å². The minimum absolute atomic E-state index is 0.0602. The standard InChI is InChI=1S/C10H13NO3/c1-5(2)9(12)8-6(3)7(4-11-8)10(13)14/h4-5,11H,1-3H3,(H,13,14). The number of nitrogens with one attached hydrogen (secondary N) is 1. The molecule has 0 aliphatic carbocycles. The minimum Gasteiger partial charge on any atom is -0.478 e. The molecule has 4 nitrogen and oxygen atoms in total. The molecule has 76 valence electrons. The summed E-state index contributed by atoms with van der Waals surface area (Å²) in [5, 5.41) is 8.77. The van der Waals surface area contributed by atoms with Crippen molar-refractivity contribution in [1.29, 1.82) is 0 Å². The number of aromatic carboxylic acids is 1. The zero-order valence-corrected chi connectivity index (χ0v) is 8.42. The number of carboxylic acids is 1. The van der Waals surface area contributed by atoms with E-state index in [0.29, 0.717) is 11.3 Å². The highest BCUT2D eigenvalue weighted by atomic mass is 16.4. The average molecular weight is 195 g/mol. The Labute approximate surface area is 81.9 Å². The number of Topliss-reactive ketones (excluding diaryl/α,β-unsaturated/α-hetero) is 1. The van der Waals surface area contributed by atoms with Crippen molar-refractivity contribution >= 4 is 11.8 Å². The van der Waals surface area contributed by atoms with E-state index in [1.165, 1.54) is 6.20 Å². The first-order valence-electron chi connectivity index (χ1n) is 4.40. The van der Waals surface area contributed by atoms with Gasteiger partial charge >= 0.3 is 5.97 Å². The van der Waals surface area contributed by atoms with Gasteiger partial charge in [-0.15, -0.1) is 0 Å². The van der Waals surface area contributed by atoms with Gasteiger partial charge in [-0.1, -0.05) is 13.8 Å². The Morgan fingerprint density at radius 2 is 2.00 bits per heavy atom. The monoisotopic (exact) mass is 195 g/mol. The van der Waals surface area contributed by atoms with Crippen molar-refractivity contribution in [2.75, 3.05) is 0 Å². The van der Waals surface area contributed by atoms with E-state index in [0.717, 1.165) is 0 Å². The fourth-order valence-electron chi connectivity index (χ4n) is 1.26. The van der Waals surface area contributed by atoms with E-state index in [9.17, 15) is 9.59 Å². The molecule has 0 radical (unpaired) electrons. The summed E-state index contributed by atoms with van der Waals surface area (Å²) < 4.78 is 0. The van der Waals surface area contributed by atoms with Crippen molar-refractivity contribution in [3.63, 3.8) is 0 Å². The number of carboxylic acid groups (broad SMARTS) is 1. The molecular weight excluding hydrogens is 182 g/mol. The molecule has 4 heteroatoms. The largest absolute Gasteiger partial charge is 0.478 e. The number of hydrogen-bond donors (Lipinski definition) is 2. The Balaban J connectivity index is 3.13. The van der Waals surface area contributed by atoms with Crippen molar-refractivity contribution in [3.05, 3.63) is 23.0 Å². The van der Waals surface area contributed by atoms with E-state index in [2.05, 4.69) is 4.98 Å². The second-order valence-electron chi connectivity index (χ2n) is 3.53. The van der Waals surface area contributed by atoms with Crippen LogP contribution in [0.5, 0.6) is 0 Å². The van der Waals surface area contributed by atoms with Gasteiger partial charge in [-0.25, -0.2) is 4.79 Å². The van der Waals surface area contributed by atoms with E-state index in [1.807, 2.05) is 0 Å². The molecule has 14 heavy (non-hydrogen) atoms. The highest BCUT2D eigenvalue weighted by Crippen LogP contribution is 2.16. The number of H-pyrrole nitrogens is 1. The molecule has 1 aromatic heterocycles. The lowest BCUT2D eigenvalue weighted by Crippen LogP contribution is -2.09. The van der Waals surface area contributed by atoms with Crippen LogP contribution in [0.4, 0.5) is 0 Å². The van der Waals surface area contributed by atoms with Crippen LogP contribution in [0.3, 0.4) is 0 Å². The quantitative estimate of drug-likeness (QED) is 0.723. The first kappa shape index (κ1) is 10.5. The Morgan fingerprint density at radius 3 is 2.36 bits per heavy atom. The van der Waals surface area contributed by atoms with E-state index in [4.69, 9.17) is 5.11 Å². The normalized spacial score (nSPS) is 10.6. The first-order chi connectivity index (χ1) is 6.45. The number of rotatable bonds is 3. The number of aromatic amines is 1. The Kier molecular flexibility index (Phi) is 2.74. The molecule has 2 N–H and O–H groups in total. The van der Waals surface area contributed by atoms with Gasteiger partial charge in [-0.05, 0) is 12.5 Å². The van der Waals surface area contributed by atoms with Crippen LogP contribution < -0.4 is 0 Å². The molecule has 0 aliphatic heterocycles. The van der Waals surface area contributed by atoms with Crippen LogP contribution in [0.25, 0.3) is 0 Å². The highest BCUT2D eigenvalue weighted by molar-refractivity contribution is 6.00. The van der Waals surface area contributed by atoms with Crippen molar-refractivity contribution < 1.29 is 14.7 Å². The molecular formula is C10H13NO3. The van der Waals surface area contributed by atoms with E-state index in [1.54, 1.807) is 20.8 Å². The number of aromatic nitrogens is 1. The average Bonchev–Trinajstić information content (AvgIpc) is 2.45. The molecule has 0 aromatic carbocycles. The predicted molar refractivity (Wildman–Crippen MR) is 51.7 cm³/mol. The van der Waals surface area contributed by atoms with Gasteiger partial charge in [-0.3, -0.25) is 4.79 Å². The fraction of sp³-hybridized carbons (Fsp3) is 0.400. The maximum atomic E-state index is 11.6. The molecule has 0 saturated heterocycles. The van der Waals surface area contributed by atoms with Gasteiger partial charge < -0.3 is 10.1 Å². The molecule has 0 bridgehead atoms. The van der Waals surface area contributed by atoms with Crippen LogP contribution in [-0.2, 0) is 0 Å². The molecule has 1 aromatic rings. The van der Waals surface area contributed by atoms with Gasteiger partial charge in [0.15, 0.2) is 5.78 Å². The summed E-state index contributed by atoms with van der Waals surface area (Å²) in [5.74, 6) is -1.20. The van der Waals surface area contributed by atoms with Crippen LogP contribution in [0, 0.1) is 12.8 Å². The van der Waals surface area contributed by atoms with Crippen molar-refractivity contribution in [1.82, 2.24) is 4.98 Å². The summed E-state index contributed by atoms with van der Waals surface area (Å²) in [4.78, 5) is 25.0. The van der Waals surface area contributed by atoms with Gasteiger partial charge in [0.05, 0.1) is 11.3 Å². The summed E-state index contributed by atoms with van der Waals surface area (Å²) in [6.45, 7) is 5.20. The predicted octanol–water partition coefficient (Wildman–Crippen LogP) is 1.86. The van der Waals surface area contributed by atoms with Crippen molar-refractivity contribution in [2.45, 2.75) is 20.8 Å². The third kappa shape index (κ3) is 1.69. The maximum absolute atomic E-state index is 11.6. The van der Waals surface area contributed by atoms with Gasteiger partial charge in [0.2, 0.25) is 0 Å². The molecule has 1 heterocycles. The summed E-state index contributed by atoms with van der Waals surface area (Å²) in [7, 11) is 0. The lowest BCUT2D eigenvalue weighted by molar-refractivity contribution is 0.0696. The summed E-state index contributed by atoms with van der Waals surface area (Å²) in [5.41, 5.74) is 1.07. The third-order valence-electron chi connectivity index (χ3n) is 2.14. The summed E-state index contributed by atoms with van der Waals surface area (Å²) in [6.07, 6.45) is 1.35. The van der Waals surface area contributed by atoms with Crippen LogP contribution in [0.15, 0.2) is 6.20 Å². The summed E-state index contributed by atoms with van der Waals surface area (Å²) >= 11 is 0. The van der Waals surface area contributed by atoms with Crippen molar-refractivity contribution in [3.8, 4) is 0 Å². The smallest absolute Gasteiger partial charge is 0.337 e. The zero-order chi connectivity index (χ0) is 10.9. The minimum atomic E-state index is -1.01. The number of carbonyl (C=O) groups is 2. The maximum Gasteiger partial charge on any atom is 0.337 e. The molecule has 0 unspecified atom stereocenters. The van der Waals surface area contributed by atoms with Crippen LogP contribution in [0.2, 0.25) is 0 Å². The van der Waals surface area contributed by atoms with E-state index < -0.39 is 5.97 Å². The van der Waals surface area contributed by atoms with Crippen LogP contribution in [0.1, 0.15) is 40.3 Å². The molecule has 0 saturated carbocycles. The van der Waals surface area contributed by atoms with Gasteiger partial charge in [0.25, 0.3) is 0 Å². The molecule has 0 atom stereocenters. The lowest BCUT2D eigenvalue weighted by atomic mass is 10.0. The number of hydrogen-bond acceptors (Lipinski definition) is 2. The first-order valence-corrected chi connectivity index (χ1v) is 4.40. The molecule has 0 aliphatic rings. The van der Waals surface area contributed by atoms with Gasteiger partial charge in [-0.2, -0.15) is 0 Å². The third-order valence-corrected chi connectivity index (χ3v) is 2.14. The summed E-state index contributed by atoms with van der Waals surface area (Å²) in [6, 6.07) is 0. The zero-order valence-electron chi connectivity index (χ0n) is 8.42. The van der Waals surface area contributed by atoms with E-state index in [-0.39, 0.29) is 17.3 Å². The van der Waals surface area contributed by atoms with Gasteiger partial charge in [0, 0.05) is 12.1 Å². The Hall–Kier alpha value is -1.58. The Morgan fingerprint density at radius 1 is 1.43 bits per heavy atom. The molecule has 0 amide bonds. The van der Waals surface area contributed by atoms with E-state index >= 15 is 0 Å². The van der Waals surface area contributed by atoms with Crippen LogP contribution in [-0.4, -0.2) is 21.8 Å². The van der Waals surface area contributed by atoms with Crippen LogP contribution >= 0.6 is 0 Å². The van der Waals surface area contributed by atoms with Gasteiger partial charge in [0.1, 0.15) is 0 Å². The molecule has 0 spiro atoms. The number of ketones is 1. The second-order valence-corrected chi connectivity index (χ2v) is 3.53. The Bertz CT molecular complexity index is 377. The fourth-order valence-corrected chi connectivity index (χ4v) is 1.26. The SMILES string of the molecule is Cc1c(C(=O)O)c[nH]c1C(=O)C(C)C. The van der Waals surface area contributed by atoms with Crippen molar-refractivity contribution in [2.24, 2.45) is 5.92 Å². The highest BCUT2D eigenvalue weighted by Gasteiger charge is 2.19. The molecule has 0 fully saturated rings. The molecule has 1 rings (SSSR count).